The smallest absolute Gasteiger partial charge is 0.243 e. The van der Waals surface area contributed by atoms with Crippen molar-refractivity contribution in [2.24, 2.45) is 11.7 Å². The number of hydrogen-bond acceptors (Lipinski definition) is 3. The van der Waals surface area contributed by atoms with Crippen LogP contribution in [0.2, 0.25) is 0 Å². The summed E-state index contributed by atoms with van der Waals surface area (Å²) in [5, 5.41) is 5.13. The van der Waals surface area contributed by atoms with E-state index in [2.05, 4.69) is 10.6 Å². The molecule has 6 nitrogen and oxygen atoms in total. The van der Waals surface area contributed by atoms with Gasteiger partial charge in [-0.2, -0.15) is 0 Å². The fourth-order valence-corrected chi connectivity index (χ4v) is 1.80. The summed E-state index contributed by atoms with van der Waals surface area (Å²) >= 11 is 0. The van der Waals surface area contributed by atoms with E-state index in [1.807, 2.05) is 13.8 Å². The van der Waals surface area contributed by atoms with Crippen LogP contribution in [-0.4, -0.2) is 29.8 Å². The van der Waals surface area contributed by atoms with Crippen LogP contribution in [0.4, 0.5) is 0 Å². The third kappa shape index (κ3) is 4.05. The van der Waals surface area contributed by atoms with E-state index in [0.29, 0.717) is 19.3 Å². The van der Waals surface area contributed by atoms with Crippen LogP contribution < -0.4 is 16.4 Å². The summed E-state index contributed by atoms with van der Waals surface area (Å²) in [6.45, 7) is 3.89. The minimum atomic E-state index is -0.667. The molecule has 4 N–H and O–H groups in total. The number of hydrogen-bond donors (Lipinski definition) is 3. The summed E-state index contributed by atoms with van der Waals surface area (Å²) in [6.07, 6.45) is 1.32. The topological polar surface area (TPSA) is 101 Å². The lowest BCUT2D eigenvalue weighted by atomic mass is 10.0. The van der Waals surface area contributed by atoms with Crippen LogP contribution in [0.3, 0.4) is 0 Å². The van der Waals surface area contributed by atoms with Crippen molar-refractivity contribution in [3.63, 3.8) is 0 Å². The van der Waals surface area contributed by atoms with E-state index in [9.17, 15) is 14.4 Å². The molecule has 96 valence electrons. The fraction of sp³-hybridized carbons (Fsp3) is 0.727. The van der Waals surface area contributed by atoms with Crippen molar-refractivity contribution in [2.45, 2.75) is 45.2 Å². The number of carbonyl (C=O) groups excluding carboxylic acids is 3. The Balaban J connectivity index is 2.52. The molecule has 1 aliphatic heterocycles. The van der Waals surface area contributed by atoms with Crippen molar-refractivity contribution in [1.29, 1.82) is 0 Å². The second-order valence-electron chi connectivity index (χ2n) is 4.75. The van der Waals surface area contributed by atoms with E-state index < -0.39 is 18.0 Å². The summed E-state index contributed by atoms with van der Waals surface area (Å²) < 4.78 is 0. The molecular formula is C11H19N3O3. The second-order valence-corrected chi connectivity index (χ2v) is 4.75. The molecule has 0 aromatic carbocycles. The minimum absolute atomic E-state index is 0.135. The maximum atomic E-state index is 11.8. The lowest BCUT2D eigenvalue weighted by Gasteiger charge is -2.19. The average molecular weight is 241 g/mol. The molecule has 0 aliphatic carbocycles. The first-order valence-corrected chi connectivity index (χ1v) is 5.79. The Morgan fingerprint density at radius 1 is 1.53 bits per heavy atom. The van der Waals surface area contributed by atoms with Crippen molar-refractivity contribution >= 4 is 17.7 Å². The molecule has 0 aromatic rings. The van der Waals surface area contributed by atoms with E-state index in [1.54, 1.807) is 0 Å². The zero-order valence-corrected chi connectivity index (χ0v) is 10.2. The second kappa shape index (κ2) is 5.65. The van der Waals surface area contributed by atoms with Gasteiger partial charge in [0.05, 0.1) is 0 Å². The molecular weight excluding hydrogens is 222 g/mol. The number of nitrogens with one attached hydrogen (secondary N) is 2. The van der Waals surface area contributed by atoms with Crippen molar-refractivity contribution in [2.75, 3.05) is 0 Å². The zero-order valence-electron chi connectivity index (χ0n) is 10.2. The maximum Gasteiger partial charge on any atom is 0.243 e. The molecule has 1 fully saturated rings. The molecule has 1 rings (SSSR count). The largest absolute Gasteiger partial charge is 0.368 e. The quantitative estimate of drug-likeness (QED) is 0.592. The third-order valence-electron chi connectivity index (χ3n) is 2.68. The Morgan fingerprint density at radius 2 is 2.18 bits per heavy atom. The number of carbonyl (C=O) groups is 3. The standard InChI is InChI=1S/C11H19N3O3/c1-6(2)5-8(10(12)16)14-11(17)7-3-4-9(15)13-7/h6-8H,3-5H2,1-2H3,(H2,12,16)(H,13,15)(H,14,17)/t7-,8-/m1/s1. The summed E-state index contributed by atoms with van der Waals surface area (Å²) in [4.78, 5) is 33.9. The monoisotopic (exact) mass is 241 g/mol. The molecule has 3 amide bonds. The summed E-state index contributed by atoms with van der Waals surface area (Å²) in [6, 6.07) is -1.20. The molecule has 6 heteroatoms. The average Bonchev–Trinajstić information content (AvgIpc) is 2.63. The number of primary amides is 1. The van der Waals surface area contributed by atoms with Gasteiger partial charge in [0, 0.05) is 6.42 Å². The molecule has 1 heterocycles. The third-order valence-corrected chi connectivity index (χ3v) is 2.68. The van der Waals surface area contributed by atoms with Crippen LogP contribution >= 0.6 is 0 Å². The molecule has 0 radical (unpaired) electrons. The molecule has 0 bridgehead atoms. The van der Waals surface area contributed by atoms with Crippen LogP contribution in [0.15, 0.2) is 0 Å². The van der Waals surface area contributed by atoms with E-state index in [0.717, 1.165) is 0 Å². The van der Waals surface area contributed by atoms with Gasteiger partial charge < -0.3 is 16.4 Å². The van der Waals surface area contributed by atoms with Crippen molar-refractivity contribution < 1.29 is 14.4 Å². The molecule has 0 spiro atoms. The van der Waals surface area contributed by atoms with Crippen LogP contribution in [-0.2, 0) is 14.4 Å². The summed E-state index contributed by atoms with van der Waals surface area (Å²) in [5.74, 6) is -0.757. The van der Waals surface area contributed by atoms with Crippen LogP contribution in [0.5, 0.6) is 0 Å². The van der Waals surface area contributed by atoms with Crippen LogP contribution in [0, 0.1) is 5.92 Å². The molecule has 0 aromatic heterocycles. The van der Waals surface area contributed by atoms with Gasteiger partial charge in [0.2, 0.25) is 17.7 Å². The van der Waals surface area contributed by atoms with E-state index in [1.165, 1.54) is 0 Å². The number of nitrogens with two attached hydrogens (primary N) is 1. The first kappa shape index (κ1) is 13.5. The summed E-state index contributed by atoms with van der Waals surface area (Å²) in [7, 11) is 0. The van der Waals surface area contributed by atoms with Gasteiger partial charge >= 0.3 is 0 Å². The maximum absolute atomic E-state index is 11.8. The van der Waals surface area contributed by atoms with E-state index in [4.69, 9.17) is 5.73 Å². The Hall–Kier alpha value is -1.59. The van der Waals surface area contributed by atoms with Crippen molar-refractivity contribution in [1.82, 2.24) is 10.6 Å². The molecule has 2 atom stereocenters. The van der Waals surface area contributed by atoms with Gasteiger partial charge in [-0.25, -0.2) is 0 Å². The van der Waals surface area contributed by atoms with Crippen LogP contribution in [0.25, 0.3) is 0 Å². The first-order valence-electron chi connectivity index (χ1n) is 5.79. The molecule has 17 heavy (non-hydrogen) atoms. The lowest BCUT2D eigenvalue weighted by Crippen LogP contribution is -2.51. The highest BCUT2D eigenvalue weighted by Crippen LogP contribution is 2.09. The predicted molar refractivity (Wildman–Crippen MR) is 61.7 cm³/mol. The van der Waals surface area contributed by atoms with Gasteiger partial charge in [-0.3, -0.25) is 14.4 Å². The zero-order chi connectivity index (χ0) is 13.0. The van der Waals surface area contributed by atoms with Crippen molar-refractivity contribution in [3.8, 4) is 0 Å². The highest BCUT2D eigenvalue weighted by molar-refractivity contribution is 5.93. The molecule has 0 unspecified atom stereocenters. The Morgan fingerprint density at radius 3 is 2.59 bits per heavy atom. The Kier molecular flexibility index (Phi) is 4.48. The van der Waals surface area contributed by atoms with Gasteiger partial charge in [-0.05, 0) is 18.8 Å². The van der Waals surface area contributed by atoms with E-state index in [-0.39, 0.29) is 17.7 Å². The SMILES string of the molecule is CC(C)C[C@@H](NC(=O)[C@H]1CCC(=O)N1)C(N)=O. The number of amides is 3. The van der Waals surface area contributed by atoms with Gasteiger partial charge in [0.1, 0.15) is 12.1 Å². The van der Waals surface area contributed by atoms with E-state index >= 15 is 0 Å². The molecule has 0 saturated carbocycles. The van der Waals surface area contributed by atoms with Gasteiger partial charge in [-0.1, -0.05) is 13.8 Å². The van der Waals surface area contributed by atoms with Gasteiger partial charge in [0.15, 0.2) is 0 Å². The number of rotatable bonds is 5. The highest BCUT2D eigenvalue weighted by atomic mass is 16.2. The Bertz CT molecular complexity index is 328. The molecule has 1 saturated heterocycles. The Labute approximate surface area is 100 Å². The minimum Gasteiger partial charge on any atom is -0.368 e. The highest BCUT2D eigenvalue weighted by Gasteiger charge is 2.29. The van der Waals surface area contributed by atoms with Crippen molar-refractivity contribution in [3.05, 3.63) is 0 Å². The van der Waals surface area contributed by atoms with Gasteiger partial charge in [0.25, 0.3) is 0 Å². The van der Waals surface area contributed by atoms with Crippen LogP contribution in [0.1, 0.15) is 33.1 Å². The normalized spacial score (nSPS) is 21.1. The summed E-state index contributed by atoms with van der Waals surface area (Å²) in [5.41, 5.74) is 5.22. The predicted octanol–water partition coefficient (Wildman–Crippen LogP) is -0.719. The molecule has 1 aliphatic rings. The lowest BCUT2D eigenvalue weighted by molar-refractivity contribution is -0.129. The van der Waals surface area contributed by atoms with Gasteiger partial charge in [-0.15, -0.1) is 0 Å². The first-order chi connectivity index (χ1) is 7.90. The fourth-order valence-electron chi connectivity index (χ4n) is 1.80.